The molecule has 0 atom stereocenters. The highest BCUT2D eigenvalue weighted by Crippen LogP contribution is 2.24. The number of carbonyl (C=O) groups is 2. The topological polar surface area (TPSA) is 83.6 Å². The molecule has 2 amide bonds. The minimum Gasteiger partial charge on any atom is -0.322 e. The summed E-state index contributed by atoms with van der Waals surface area (Å²) < 4.78 is 24.4. The summed E-state index contributed by atoms with van der Waals surface area (Å²) >= 11 is 0. The molecule has 0 aliphatic carbocycles. The summed E-state index contributed by atoms with van der Waals surface area (Å²) in [4.78, 5) is 26.1. The van der Waals surface area contributed by atoms with Gasteiger partial charge in [0.1, 0.15) is 0 Å². The molecule has 6 nitrogen and oxygen atoms in total. The maximum atomic E-state index is 12.6. The van der Waals surface area contributed by atoms with E-state index in [4.69, 9.17) is 0 Å². The largest absolute Gasteiger partial charge is 0.322 e. The molecule has 0 bridgehead atoms. The molecule has 3 rings (SSSR count). The molecule has 1 heterocycles. The van der Waals surface area contributed by atoms with Crippen molar-refractivity contribution < 1.29 is 18.0 Å². The van der Waals surface area contributed by atoms with Crippen molar-refractivity contribution in [3.8, 4) is 0 Å². The fourth-order valence-electron chi connectivity index (χ4n) is 2.93. The van der Waals surface area contributed by atoms with Crippen LogP contribution in [0.1, 0.15) is 30.1 Å². The number of carbonyl (C=O) groups excluding carboxylic acids is 2. The number of rotatable bonds is 5. The summed E-state index contributed by atoms with van der Waals surface area (Å²) in [5, 5.41) is 2.72. The molecule has 2 aromatic carbocycles. The summed E-state index contributed by atoms with van der Waals surface area (Å²) in [6.45, 7) is 2.25. The highest BCUT2D eigenvalue weighted by Gasteiger charge is 2.22. The van der Waals surface area contributed by atoms with Crippen molar-refractivity contribution in [1.82, 2.24) is 0 Å². The standard InChI is InChI=1S/C19H20N2O4S/c1-2-26(24,25)17-7-4-3-6-16(17)19(23)20-14-9-11-15(12-10-14)21-13-5-8-18(21)22/h3-4,6-7,9-12H,2,5,8,13H2,1H3,(H,20,23). The van der Waals surface area contributed by atoms with Crippen molar-refractivity contribution >= 4 is 33.0 Å². The van der Waals surface area contributed by atoms with Gasteiger partial charge in [0.05, 0.1) is 16.2 Å². The fourth-order valence-corrected chi connectivity index (χ4v) is 4.02. The number of benzene rings is 2. The Labute approximate surface area is 152 Å². The van der Waals surface area contributed by atoms with Crippen LogP contribution in [0.2, 0.25) is 0 Å². The zero-order chi connectivity index (χ0) is 18.7. The fraction of sp³-hybridized carbons (Fsp3) is 0.263. The zero-order valence-electron chi connectivity index (χ0n) is 14.4. The van der Waals surface area contributed by atoms with Gasteiger partial charge in [-0.3, -0.25) is 9.59 Å². The Hall–Kier alpha value is -2.67. The van der Waals surface area contributed by atoms with Crippen LogP contribution >= 0.6 is 0 Å². The van der Waals surface area contributed by atoms with Gasteiger partial charge in [-0.05, 0) is 42.8 Å². The average molecular weight is 372 g/mol. The second-order valence-electron chi connectivity index (χ2n) is 6.05. The van der Waals surface area contributed by atoms with E-state index in [1.54, 1.807) is 48.2 Å². The third-order valence-electron chi connectivity index (χ3n) is 4.36. The van der Waals surface area contributed by atoms with Crippen LogP contribution < -0.4 is 10.2 Å². The van der Waals surface area contributed by atoms with E-state index in [9.17, 15) is 18.0 Å². The quantitative estimate of drug-likeness (QED) is 0.875. The van der Waals surface area contributed by atoms with Gasteiger partial charge in [0.2, 0.25) is 5.91 Å². The second kappa shape index (κ2) is 7.29. The minimum atomic E-state index is -3.50. The van der Waals surface area contributed by atoms with Crippen LogP contribution in [0.3, 0.4) is 0 Å². The first kappa shape index (κ1) is 18.1. The Morgan fingerprint density at radius 2 is 1.81 bits per heavy atom. The first-order valence-electron chi connectivity index (χ1n) is 8.46. The Morgan fingerprint density at radius 3 is 2.42 bits per heavy atom. The zero-order valence-corrected chi connectivity index (χ0v) is 15.3. The smallest absolute Gasteiger partial charge is 0.256 e. The molecular formula is C19H20N2O4S. The molecule has 1 aliphatic heterocycles. The van der Waals surface area contributed by atoms with Gasteiger partial charge < -0.3 is 10.2 Å². The summed E-state index contributed by atoms with van der Waals surface area (Å²) in [7, 11) is -3.50. The molecular weight excluding hydrogens is 352 g/mol. The maximum absolute atomic E-state index is 12.6. The number of hydrogen-bond acceptors (Lipinski definition) is 4. The van der Waals surface area contributed by atoms with Gasteiger partial charge in [-0.2, -0.15) is 0 Å². The lowest BCUT2D eigenvalue weighted by Crippen LogP contribution is -2.23. The molecule has 26 heavy (non-hydrogen) atoms. The van der Waals surface area contributed by atoms with Crippen LogP contribution in [0, 0.1) is 0 Å². The normalized spacial score (nSPS) is 14.5. The van der Waals surface area contributed by atoms with E-state index < -0.39 is 15.7 Å². The van der Waals surface area contributed by atoms with Gasteiger partial charge in [0, 0.05) is 24.3 Å². The van der Waals surface area contributed by atoms with Gasteiger partial charge in [-0.1, -0.05) is 19.1 Å². The summed E-state index contributed by atoms with van der Waals surface area (Å²) in [6, 6.07) is 13.1. The molecule has 1 N–H and O–H groups in total. The van der Waals surface area contributed by atoms with Gasteiger partial charge in [-0.15, -0.1) is 0 Å². The monoisotopic (exact) mass is 372 g/mol. The number of sulfone groups is 1. The van der Waals surface area contributed by atoms with Crippen molar-refractivity contribution in [2.45, 2.75) is 24.7 Å². The predicted octanol–water partition coefficient (Wildman–Crippen LogP) is 2.86. The van der Waals surface area contributed by atoms with E-state index in [-0.39, 0.29) is 22.1 Å². The van der Waals surface area contributed by atoms with Crippen LogP contribution in [0.25, 0.3) is 0 Å². The molecule has 1 fully saturated rings. The first-order valence-corrected chi connectivity index (χ1v) is 10.1. The van der Waals surface area contributed by atoms with Gasteiger partial charge in [-0.25, -0.2) is 8.42 Å². The molecule has 0 aromatic heterocycles. The lowest BCUT2D eigenvalue weighted by Gasteiger charge is -2.16. The van der Waals surface area contributed by atoms with Crippen molar-refractivity contribution in [2.75, 3.05) is 22.5 Å². The van der Waals surface area contributed by atoms with Crippen LogP contribution in [0.4, 0.5) is 11.4 Å². The third-order valence-corrected chi connectivity index (χ3v) is 6.14. The minimum absolute atomic E-state index is 0.0271. The van der Waals surface area contributed by atoms with E-state index >= 15 is 0 Å². The highest BCUT2D eigenvalue weighted by atomic mass is 32.2. The van der Waals surface area contributed by atoms with E-state index in [0.29, 0.717) is 18.7 Å². The number of nitrogens with zero attached hydrogens (tertiary/aromatic N) is 1. The first-order chi connectivity index (χ1) is 12.4. The van der Waals surface area contributed by atoms with Crippen LogP contribution in [-0.2, 0) is 14.6 Å². The van der Waals surface area contributed by atoms with Gasteiger partial charge in [0.15, 0.2) is 9.84 Å². The number of anilines is 2. The second-order valence-corrected chi connectivity index (χ2v) is 8.30. The number of amides is 2. The van der Waals surface area contributed by atoms with Crippen molar-refractivity contribution in [1.29, 1.82) is 0 Å². The number of nitrogens with one attached hydrogen (secondary N) is 1. The van der Waals surface area contributed by atoms with Gasteiger partial charge in [0.25, 0.3) is 5.91 Å². The molecule has 2 aromatic rings. The lowest BCUT2D eigenvalue weighted by atomic mass is 10.2. The van der Waals surface area contributed by atoms with E-state index in [0.717, 1.165) is 12.1 Å². The molecule has 7 heteroatoms. The average Bonchev–Trinajstić information content (AvgIpc) is 3.08. The Kier molecular flexibility index (Phi) is 5.08. The van der Waals surface area contributed by atoms with E-state index in [2.05, 4.69) is 5.32 Å². The Balaban J connectivity index is 1.80. The predicted molar refractivity (Wildman–Crippen MR) is 100 cm³/mol. The summed E-state index contributed by atoms with van der Waals surface area (Å²) in [5.74, 6) is -0.460. The maximum Gasteiger partial charge on any atom is 0.256 e. The highest BCUT2D eigenvalue weighted by molar-refractivity contribution is 7.91. The number of hydrogen-bond donors (Lipinski definition) is 1. The SMILES string of the molecule is CCS(=O)(=O)c1ccccc1C(=O)Nc1ccc(N2CCCC2=O)cc1. The molecule has 0 spiro atoms. The van der Waals surface area contributed by atoms with E-state index in [1.807, 2.05) is 0 Å². The van der Waals surface area contributed by atoms with Crippen LogP contribution in [0.5, 0.6) is 0 Å². The Morgan fingerprint density at radius 1 is 1.12 bits per heavy atom. The van der Waals surface area contributed by atoms with Crippen LogP contribution in [0.15, 0.2) is 53.4 Å². The molecule has 1 aliphatic rings. The van der Waals surface area contributed by atoms with E-state index in [1.165, 1.54) is 12.1 Å². The molecule has 0 radical (unpaired) electrons. The molecule has 0 saturated carbocycles. The third kappa shape index (κ3) is 3.62. The Bertz CT molecular complexity index is 936. The van der Waals surface area contributed by atoms with Gasteiger partial charge >= 0.3 is 0 Å². The molecule has 0 unspecified atom stereocenters. The summed E-state index contributed by atoms with van der Waals surface area (Å²) in [6.07, 6.45) is 1.40. The molecule has 1 saturated heterocycles. The van der Waals surface area contributed by atoms with Crippen molar-refractivity contribution in [3.05, 3.63) is 54.1 Å². The lowest BCUT2D eigenvalue weighted by molar-refractivity contribution is -0.117. The van der Waals surface area contributed by atoms with Crippen LogP contribution in [-0.4, -0.2) is 32.5 Å². The van der Waals surface area contributed by atoms with Crippen molar-refractivity contribution in [2.24, 2.45) is 0 Å². The summed E-state index contributed by atoms with van der Waals surface area (Å²) in [5.41, 5.74) is 1.45. The van der Waals surface area contributed by atoms with Crippen molar-refractivity contribution in [3.63, 3.8) is 0 Å². The molecule has 136 valence electrons.